The summed E-state index contributed by atoms with van der Waals surface area (Å²) in [5.74, 6) is 0. The molecule has 17 heavy (non-hydrogen) atoms. The van der Waals surface area contributed by atoms with Crippen LogP contribution in [0.4, 0.5) is 0 Å². The molecular weight excluding hydrogens is 228 g/mol. The highest BCUT2D eigenvalue weighted by atomic mass is 16.6. The van der Waals surface area contributed by atoms with E-state index in [1.165, 1.54) is 0 Å². The second-order valence-electron chi connectivity index (χ2n) is 2.87. The Labute approximate surface area is 101 Å². The van der Waals surface area contributed by atoms with Gasteiger partial charge in [-0.15, -0.1) is 0 Å². The molecule has 8 nitrogen and oxygen atoms in total. The number of nitrogens with two attached hydrogens (primary N) is 1. The van der Waals surface area contributed by atoms with Crippen LogP contribution in [-0.4, -0.2) is 59.5 Å². The Kier molecular flexibility index (Phi) is 14.3. The van der Waals surface area contributed by atoms with E-state index in [-0.39, 0.29) is 6.73 Å². The van der Waals surface area contributed by atoms with E-state index >= 15 is 0 Å². The standard InChI is InChI=1S/C9H20N4O4/c10-9-17-8-7-16-6-5-15-4-3-14-2-1-12-13-11/h1-10H2. The molecule has 0 amide bonds. The van der Waals surface area contributed by atoms with Crippen molar-refractivity contribution in [3.63, 3.8) is 0 Å². The molecule has 0 aliphatic carbocycles. The minimum atomic E-state index is 0.215. The lowest BCUT2D eigenvalue weighted by Gasteiger charge is -2.06. The summed E-state index contributed by atoms with van der Waals surface area (Å²) in [6.07, 6.45) is 0. The van der Waals surface area contributed by atoms with Gasteiger partial charge in [-0.1, -0.05) is 5.11 Å². The lowest BCUT2D eigenvalue weighted by atomic mass is 10.7. The lowest BCUT2D eigenvalue weighted by molar-refractivity contribution is -0.000307. The van der Waals surface area contributed by atoms with Gasteiger partial charge in [-0.3, -0.25) is 0 Å². The van der Waals surface area contributed by atoms with E-state index in [9.17, 15) is 0 Å². The molecule has 0 radical (unpaired) electrons. The largest absolute Gasteiger partial charge is 0.379 e. The quantitative estimate of drug-likeness (QED) is 0.165. The van der Waals surface area contributed by atoms with Crippen LogP contribution in [0.5, 0.6) is 0 Å². The van der Waals surface area contributed by atoms with Crippen LogP contribution < -0.4 is 5.73 Å². The van der Waals surface area contributed by atoms with Gasteiger partial charge in [-0.2, -0.15) is 0 Å². The Bertz CT molecular complexity index is 199. The van der Waals surface area contributed by atoms with E-state index < -0.39 is 0 Å². The van der Waals surface area contributed by atoms with Crippen molar-refractivity contribution >= 4 is 0 Å². The number of ether oxygens (including phenoxy) is 4. The van der Waals surface area contributed by atoms with Gasteiger partial charge in [-0.25, -0.2) is 0 Å². The van der Waals surface area contributed by atoms with E-state index in [0.717, 1.165) is 0 Å². The normalized spacial score (nSPS) is 10.2. The second-order valence-corrected chi connectivity index (χ2v) is 2.87. The van der Waals surface area contributed by atoms with Crippen molar-refractivity contribution in [1.29, 1.82) is 0 Å². The monoisotopic (exact) mass is 248 g/mol. The first-order valence-electron chi connectivity index (χ1n) is 5.43. The molecule has 0 aromatic heterocycles. The smallest absolute Gasteiger partial charge is 0.0941 e. The third kappa shape index (κ3) is 15.1. The summed E-state index contributed by atoms with van der Waals surface area (Å²) in [7, 11) is 0. The zero-order chi connectivity index (χ0) is 12.6. The summed E-state index contributed by atoms with van der Waals surface area (Å²) in [5, 5.41) is 3.33. The average molecular weight is 248 g/mol. The van der Waals surface area contributed by atoms with Gasteiger partial charge < -0.3 is 24.7 Å². The van der Waals surface area contributed by atoms with Gasteiger partial charge in [0.2, 0.25) is 0 Å². The van der Waals surface area contributed by atoms with Crippen LogP contribution in [0.2, 0.25) is 0 Å². The third-order valence-corrected chi connectivity index (χ3v) is 1.63. The maximum Gasteiger partial charge on any atom is 0.0941 e. The lowest BCUT2D eigenvalue weighted by Crippen LogP contribution is -2.14. The Morgan fingerprint density at radius 3 is 1.76 bits per heavy atom. The highest BCUT2D eigenvalue weighted by molar-refractivity contribution is 4.44. The van der Waals surface area contributed by atoms with Gasteiger partial charge >= 0.3 is 0 Å². The van der Waals surface area contributed by atoms with Crippen molar-refractivity contribution in [3.05, 3.63) is 10.4 Å². The van der Waals surface area contributed by atoms with Gasteiger partial charge in [0.25, 0.3) is 0 Å². The van der Waals surface area contributed by atoms with Crippen LogP contribution in [0.3, 0.4) is 0 Å². The fraction of sp³-hybridized carbons (Fsp3) is 1.00. The number of azide groups is 1. The first kappa shape index (κ1) is 16.1. The molecule has 0 fully saturated rings. The second kappa shape index (κ2) is 15.1. The van der Waals surface area contributed by atoms with Gasteiger partial charge in [0.05, 0.1) is 53.0 Å². The number of rotatable bonds is 13. The van der Waals surface area contributed by atoms with E-state index in [2.05, 4.69) is 10.0 Å². The van der Waals surface area contributed by atoms with E-state index in [1.54, 1.807) is 0 Å². The maximum atomic E-state index is 7.99. The molecule has 0 aromatic carbocycles. The highest BCUT2D eigenvalue weighted by Crippen LogP contribution is 1.82. The van der Waals surface area contributed by atoms with Crippen LogP contribution in [-0.2, 0) is 18.9 Å². The molecule has 2 N–H and O–H groups in total. The van der Waals surface area contributed by atoms with Gasteiger partial charge in [0.15, 0.2) is 0 Å². The summed E-state index contributed by atoms with van der Waals surface area (Å²) in [5.41, 5.74) is 13.1. The van der Waals surface area contributed by atoms with E-state index in [0.29, 0.717) is 52.8 Å². The van der Waals surface area contributed by atoms with Gasteiger partial charge in [-0.05, 0) is 5.53 Å². The van der Waals surface area contributed by atoms with E-state index in [1.807, 2.05) is 0 Å². The highest BCUT2D eigenvalue weighted by Gasteiger charge is 1.91. The van der Waals surface area contributed by atoms with Gasteiger partial charge in [0.1, 0.15) is 0 Å². The summed E-state index contributed by atoms with van der Waals surface area (Å²) < 4.78 is 20.4. The fourth-order valence-electron chi connectivity index (χ4n) is 0.893. The fourth-order valence-corrected chi connectivity index (χ4v) is 0.893. The molecule has 8 heteroatoms. The van der Waals surface area contributed by atoms with Crippen LogP contribution in [0.1, 0.15) is 0 Å². The minimum absolute atomic E-state index is 0.215. The molecule has 0 heterocycles. The van der Waals surface area contributed by atoms with Crippen molar-refractivity contribution in [2.45, 2.75) is 0 Å². The maximum absolute atomic E-state index is 7.99. The molecule has 0 rings (SSSR count). The topological polar surface area (TPSA) is 112 Å². The number of hydrogen-bond donors (Lipinski definition) is 1. The van der Waals surface area contributed by atoms with Crippen LogP contribution in [0, 0.1) is 0 Å². The molecule has 0 saturated heterocycles. The van der Waals surface area contributed by atoms with Crippen molar-refractivity contribution in [2.24, 2.45) is 10.8 Å². The Morgan fingerprint density at radius 1 is 0.824 bits per heavy atom. The van der Waals surface area contributed by atoms with Crippen molar-refractivity contribution < 1.29 is 18.9 Å². The first-order valence-corrected chi connectivity index (χ1v) is 5.43. The first-order chi connectivity index (χ1) is 8.41. The predicted octanol–water partition coefficient (Wildman–Crippen LogP) is 0.279. The SMILES string of the molecule is [N-]=[N+]=NCCOCCOCCOCCOCN. The summed E-state index contributed by atoms with van der Waals surface area (Å²) in [4.78, 5) is 2.60. The molecule has 0 atom stereocenters. The molecular formula is C9H20N4O4. The summed E-state index contributed by atoms with van der Waals surface area (Å²) in [6, 6.07) is 0. The summed E-state index contributed by atoms with van der Waals surface area (Å²) in [6.45, 7) is 4.02. The zero-order valence-corrected chi connectivity index (χ0v) is 9.92. The molecule has 0 aromatic rings. The number of hydrogen-bond acceptors (Lipinski definition) is 6. The zero-order valence-electron chi connectivity index (χ0n) is 9.92. The van der Waals surface area contributed by atoms with E-state index in [4.69, 9.17) is 30.2 Å². The van der Waals surface area contributed by atoms with Crippen molar-refractivity contribution in [1.82, 2.24) is 0 Å². The van der Waals surface area contributed by atoms with Crippen molar-refractivity contribution in [3.8, 4) is 0 Å². The van der Waals surface area contributed by atoms with Gasteiger partial charge in [0, 0.05) is 11.5 Å². The molecule has 0 aliphatic rings. The van der Waals surface area contributed by atoms with Crippen LogP contribution in [0.25, 0.3) is 10.4 Å². The third-order valence-electron chi connectivity index (χ3n) is 1.63. The minimum Gasteiger partial charge on any atom is -0.379 e. The van der Waals surface area contributed by atoms with Crippen LogP contribution >= 0.6 is 0 Å². The van der Waals surface area contributed by atoms with Crippen molar-refractivity contribution in [2.75, 3.05) is 59.5 Å². The average Bonchev–Trinajstić information content (AvgIpc) is 2.35. The molecule has 100 valence electrons. The molecule has 0 spiro atoms. The summed E-state index contributed by atoms with van der Waals surface area (Å²) >= 11 is 0. The number of nitrogens with zero attached hydrogens (tertiary/aromatic N) is 3. The Balaban J connectivity index is 2.91. The Morgan fingerprint density at radius 2 is 1.29 bits per heavy atom. The predicted molar refractivity (Wildman–Crippen MR) is 61.5 cm³/mol. The van der Waals surface area contributed by atoms with Crippen LogP contribution in [0.15, 0.2) is 5.11 Å². The molecule has 0 bridgehead atoms. The molecule has 0 aliphatic heterocycles. The Hall–Kier alpha value is -0.890. The molecule has 0 unspecified atom stereocenters. The molecule has 0 saturated carbocycles.